The number of carbonyl (C=O) groups is 5. The van der Waals surface area contributed by atoms with Gasteiger partial charge in [-0.2, -0.15) is 0 Å². The Balaban J connectivity index is -0.000000171. The van der Waals surface area contributed by atoms with Crippen LogP contribution in [-0.4, -0.2) is 46.6 Å². The van der Waals surface area contributed by atoms with Gasteiger partial charge in [0.25, 0.3) is 0 Å². The summed E-state index contributed by atoms with van der Waals surface area (Å²) in [4.78, 5) is 51.9. The van der Waals surface area contributed by atoms with E-state index in [1.165, 1.54) is 27.7 Å². The minimum absolute atomic E-state index is 0. The summed E-state index contributed by atoms with van der Waals surface area (Å²) >= 11 is 0. The van der Waals surface area contributed by atoms with Crippen molar-refractivity contribution in [2.45, 2.75) is 80.1 Å². The van der Waals surface area contributed by atoms with Gasteiger partial charge >= 0.3 is 17.4 Å². The molecular weight excluding hydrogens is 407 g/mol. The second-order valence-corrected chi connectivity index (χ2v) is 6.61. The monoisotopic (exact) mass is 440 g/mol. The Hall–Kier alpha value is -1.98. The normalized spacial score (nSPS) is 11.9. The third-order valence-electron chi connectivity index (χ3n) is 3.65. The van der Waals surface area contributed by atoms with Gasteiger partial charge in [-0.1, -0.05) is 46.5 Å². The molecular formula is C21H33AlO8. The van der Waals surface area contributed by atoms with Gasteiger partial charge < -0.3 is 24.9 Å². The number of ketones is 3. The Morgan fingerprint density at radius 1 is 0.700 bits per heavy atom. The summed E-state index contributed by atoms with van der Waals surface area (Å²) in [5.74, 6) is -5.27. The predicted octanol–water partition coefficient (Wildman–Crippen LogP) is -0.278. The number of carboxylic acid groups (broad SMARTS) is 2. The Morgan fingerprint density at radius 3 is 1.10 bits per heavy atom. The molecule has 0 aromatic heterocycles. The van der Waals surface area contributed by atoms with Crippen LogP contribution in [0.4, 0.5) is 0 Å². The number of hydrogen-bond donors (Lipinski definition) is 0. The van der Waals surface area contributed by atoms with Crippen molar-refractivity contribution in [2.24, 2.45) is 11.8 Å². The molecule has 9 heteroatoms. The van der Waals surface area contributed by atoms with Crippen molar-refractivity contribution in [3.63, 3.8) is 0 Å². The van der Waals surface area contributed by atoms with Crippen LogP contribution in [0, 0.1) is 11.8 Å². The van der Waals surface area contributed by atoms with Crippen LogP contribution in [0.25, 0.3) is 0 Å². The van der Waals surface area contributed by atoms with Gasteiger partial charge in [0.15, 0.2) is 5.78 Å². The van der Waals surface area contributed by atoms with Gasteiger partial charge in [-0.15, -0.1) is 5.76 Å². The maximum Gasteiger partial charge on any atom is 3.00 e. The van der Waals surface area contributed by atoms with E-state index in [0.29, 0.717) is 12.8 Å². The smallest absolute Gasteiger partial charge is 0.876 e. The van der Waals surface area contributed by atoms with E-state index in [9.17, 15) is 39.3 Å². The average Bonchev–Trinajstić information content (AvgIpc) is 2.54. The molecule has 0 aliphatic heterocycles. The van der Waals surface area contributed by atoms with Crippen molar-refractivity contribution in [1.82, 2.24) is 0 Å². The van der Waals surface area contributed by atoms with Crippen LogP contribution < -0.4 is 15.3 Å². The molecule has 0 fully saturated rings. The van der Waals surface area contributed by atoms with Crippen LogP contribution in [0.15, 0.2) is 11.8 Å². The van der Waals surface area contributed by atoms with Crippen molar-refractivity contribution in [3.8, 4) is 0 Å². The topological polar surface area (TPSA) is 155 Å². The van der Waals surface area contributed by atoms with Gasteiger partial charge in [-0.3, -0.25) is 14.4 Å². The molecule has 168 valence electrons. The quantitative estimate of drug-likeness (QED) is 0.184. The maximum absolute atomic E-state index is 10.7. The van der Waals surface area contributed by atoms with Crippen molar-refractivity contribution in [1.29, 1.82) is 0 Å². The summed E-state index contributed by atoms with van der Waals surface area (Å²) < 4.78 is 0. The van der Waals surface area contributed by atoms with Crippen molar-refractivity contribution in [2.75, 3.05) is 0 Å². The van der Waals surface area contributed by atoms with E-state index in [2.05, 4.69) is 0 Å². The fraction of sp³-hybridized carbons (Fsp3) is 0.667. The standard InChI is InChI=1S/2C8H14O3.C5H8O2.Al/c2*1-3-4-5-7(6(2)9)8(10)11;1-4(6)3-5(2)7;/h2*7H,3-5H2,1-2H3,(H,10,11);3,6H,1-2H3;/q;;;+3/p-3/b;;4-3-;. The van der Waals surface area contributed by atoms with Crippen LogP contribution >= 0.6 is 0 Å². The van der Waals surface area contributed by atoms with Crippen LogP contribution in [0.2, 0.25) is 0 Å². The average molecular weight is 440 g/mol. The molecule has 0 saturated carbocycles. The van der Waals surface area contributed by atoms with E-state index >= 15 is 0 Å². The Bertz CT molecular complexity index is 501. The van der Waals surface area contributed by atoms with Crippen LogP contribution in [0.3, 0.4) is 0 Å². The Kier molecular flexibility index (Phi) is 25.7. The van der Waals surface area contributed by atoms with Gasteiger partial charge in [0.1, 0.15) is 11.6 Å². The first-order valence-corrected chi connectivity index (χ1v) is 9.60. The Labute approximate surface area is 189 Å². The zero-order valence-electron chi connectivity index (χ0n) is 18.8. The molecule has 0 spiro atoms. The second kappa shape index (κ2) is 21.7. The van der Waals surface area contributed by atoms with Crippen LogP contribution in [0.1, 0.15) is 80.1 Å². The number of unbranched alkanes of at least 4 members (excludes halogenated alkanes) is 2. The first-order chi connectivity index (χ1) is 13.3. The molecule has 0 radical (unpaired) electrons. The number of Topliss-reactive ketones (excluding diaryl/α,β-unsaturated/α-hetero) is 2. The van der Waals surface area contributed by atoms with Crippen LogP contribution in [-0.2, 0) is 24.0 Å². The van der Waals surface area contributed by atoms with Crippen LogP contribution in [0.5, 0.6) is 0 Å². The molecule has 0 saturated heterocycles. The van der Waals surface area contributed by atoms with Gasteiger partial charge in [-0.05, 0) is 39.7 Å². The van der Waals surface area contributed by atoms with Crippen molar-refractivity contribution < 1.29 is 39.3 Å². The van der Waals surface area contributed by atoms with Crippen molar-refractivity contribution >= 4 is 46.6 Å². The van der Waals surface area contributed by atoms with Gasteiger partial charge in [0, 0.05) is 0 Å². The number of hydrogen-bond acceptors (Lipinski definition) is 8. The summed E-state index contributed by atoms with van der Waals surface area (Å²) in [7, 11) is 0. The fourth-order valence-corrected chi connectivity index (χ4v) is 2.08. The largest absolute Gasteiger partial charge is 3.00 e. The zero-order chi connectivity index (χ0) is 23.6. The van der Waals surface area contributed by atoms with E-state index < -0.39 is 23.8 Å². The molecule has 0 rings (SSSR count). The number of allylic oxidation sites excluding steroid dienone is 2. The maximum atomic E-state index is 10.7. The molecule has 0 bridgehead atoms. The minimum atomic E-state index is -1.24. The first-order valence-electron chi connectivity index (χ1n) is 9.60. The van der Waals surface area contributed by atoms with E-state index in [0.717, 1.165) is 31.8 Å². The first kappa shape index (κ1) is 35.5. The molecule has 0 aliphatic rings. The summed E-state index contributed by atoms with van der Waals surface area (Å²) in [6, 6.07) is 0. The van der Waals surface area contributed by atoms with E-state index in [1.54, 1.807) is 0 Å². The molecule has 0 heterocycles. The summed E-state index contributed by atoms with van der Waals surface area (Å²) in [6.07, 6.45) is 5.20. The predicted molar refractivity (Wildman–Crippen MR) is 108 cm³/mol. The number of rotatable bonds is 11. The molecule has 2 unspecified atom stereocenters. The van der Waals surface area contributed by atoms with E-state index in [1.807, 2.05) is 13.8 Å². The molecule has 2 atom stereocenters. The second-order valence-electron chi connectivity index (χ2n) is 6.61. The number of carboxylic acids is 2. The molecule has 0 amide bonds. The summed E-state index contributed by atoms with van der Waals surface area (Å²) in [6.45, 7) is 9.17. The molecule has 0 N–H and O–H groups in total. The molecule has 0 aliphatic carbocycles. The minimum Gasteiger partial charge on any atom is -0.876 e. The van der Waals surface area contributed by atoms with Gasteiger partial charge in [0.2, 0.25) is 0 Å². The van der Waals surface area contributed by atoms with Gasteiger partial charge in [0.05, 0.1) is 23.8 Å². The van der Waals surface area contributed by atoms with Gasteiger partial charge in [-0.25, -0.2) is 0 Å². The Morgan fingerprint density at radius 2 is 1.00 bits per heavy atom. The van der Waals surface area contributed by atoms with Crippen molar-refractivity contribution in [3.05, 3.63) is 11.8 Å². The fourth-order valence-electron chi connectivity index (χ4n) is 2.08. The third kappa shape index (κ3) is 24.1. The third-order valence-corrected chi connectivity index (χ3v) is 3.65. The molecule has 0 aromatic carbocycles. The molecule has 0 aromatic rings. The van der Waals surface area contributed by atoms with E-state index in [4.69, 9.17) is 0 Å². The molecule has 30 heavy (non-hydrogen) atoms. The molecule has 8 nitrogen and oxygen atoms in total. The summed E-state index contributed by atoms with van der Waals surface area (Å²) in [5, 5.41) is 30.6. The number of aliphatic carboxylic acids is 2. The van der Waals surface area contributed by atoms with E-state index in [-0.39, 0.29) is 40.5 Å². The zero-order valence-corrected chi connectivity index (χ0v) is 20.0. The number of carbonyl (C=O) groups excluding carboxylic acids is 5. The summed E-state index contributed by atoms with van der Waals surface area (Å²) in [5.41, 5.74) is 0. The SMILES string of the molecule is CC(=O)/C=C(/C)[O-].CCCCC(C(C)=O)C(=O)[O-].CCCCC(C(C)=O)C(=O)[O-].[Al+3].